The third-order valence-electron chi connectivity index (χ3n) is 4.84. The van der Waals surface area contributed by atoms with Crippen LogP contribution < -0.4 is 5.73 Å². The summed E-state index contributed by atoms with van der Waals surface area (Å²) in [4.78, 5) is 8.11. The number of nitrogen functional groups attached to an aromatic ring is 1. The van der Waals surface area contributed by atoms with Crippen LogP contribution in [0.15, 0.2) is 48.8 Å². The molecule has 0 radical (unpaired) electrons. The fourth-order valence-electron chi connectivity index (χ4n) is 3.35. The molecule has 5 nitrogen and oxygen atoms in total. The molecule has 0 atom stereocenters. The van der Waals surface area contributed by atoms with E-state index in [2.05, 4.69) is 15.1 Å². The molecule has 0 spiro atoms. The third kappa shape index (κ3) is 3.41. The van der Waals surface area contributed by atoms with Crippen molar-refractivity contribution in [2.24, 2.45) is 0 Å². The standard InChI is InChI=1S/C22H18F3N5/c1-3-30-11-16(18-8-9-27-22(26)28-18)21(29-30)19-12(2)4-6-14(20(19)25)15-10-13(23)5-7-17(15)24/h4-11H,3H2,1-2H3,(H2,26,27,28). The summed E-state index contributed by atoms with van der Waals surface area (Å²) in [5.74, 6) is -1.98. The van der Waals surface area contributed by atoms with Crippen LogP contribution in [0.3, 0.4) is 0 Å². The zero-order chi connectivity index (χ0) is 21.4. The van der Waals surface area contributed by atoms with Gasteiger partial charge >= 0.3 is 0 Å². The van der Waals surface area contributed by atoms with Crippen molar-refractivity contribution in [2.75, 3.05) is 5.73 Å². The van der Waals surface area contributed by atoms with E-state index in [1.807, 2.05) is 6.92 Å². The number of rotatable bonds is 4. The number of anilines is 1. The predicted octanol–water partition coefficient (Wildman–Crippen LogP) is 5.00. The molecule has 0 bridgehead atoms. The van der Waals surface area contributed by atoms with Crippen molar-refractivity contribution < 1.29 is 13.2 Å². The van der Waals surface area contributed by atoms with E-state index < -0.39 is 17.5 Å². The van der Waals surface area contributed by atoms with Crippen LogP contribution in [0.25, 0.3) is 33.6 Å². The quantitative estimate of drug-likeness (QED) is 0.515. The Balaban J connectivity index is 1.98. The fourth-order valence-corrected chi connectivity index (χ4v) is 3.35. The van der Waals surface area contributed by atoms with E-state index in [-0.39, 0.29) is 22.6 Å². The summed E-state index contributed by atoms with van der Waals surface area (Å²) in [5, 5.41) is 4.51. The maximum absolute atomic E-state index is 15.7. The number of benzene rings is 2. The van der Waals surface area contributed by atoms with Crippen LogP contribution in [0.4, 0.5) is 19.1 Å². The third-order valence-corrected chi connectivity index (χ3v) is 4.84. The normalized spacial score (nSPS) is 11.1. The minimum absolute atomic E-state index is 0.0493. The van der Waals surface area contributed by atoms with Gasteiger partial charge in [0.05, 0.1) is 5.69 Å². The molecule has 0 fully saturated rings. The van der Waals surface area contributed by atoms with Gasteiger partial charge in [-0.15, -0.1) is 0 Å². The zero-order valence-electron chi connectivity index (χ0n) is 16.3. The zero-order valence-corrected chi connectivity index (χ0v) is 16.3. The van der Waals surface area contributed by atoms with Gasteiger partial charge in [-0.1, -0.05) is 12.1 Å². The first-order valence-corrected chi connectivity index (χ1v) is 9.30. The van der Waals surface area contributed by atoms with E-state index in [1.54, 1.807) is 29.9 Å². The lowest BCUT2D eigenvalue weighted by molar-refractivity contribution is 0.598. The van der Waals surface area contributed by atoms with E-state index in [1.165, 1.54) is 12.3 Å². The summed E-state index contributed by atoms with van der Waals surface area (Å²) in [7, 11) is 0. The highest BCUT2D eigenvalue weighted by molar-refractivity contribution is 5.84. The maximum Gasteiger partial charge on any atom is 0.220 e. The van der Waals surface area contributed by atoms with Crippen molar-refractivity contribution in [3.63, 3.8) is 0 Å². The number of aromatic nitrogens is 4. The molecule has 2 heterocycles. The molecular weight excluding hydrogens is 391 g/mol. The maximum atomic E-state index is 15.7. The molecule has 2 aromatic heterocycles. The Morgan fingerprint density at radius 3 is 2.53 bits per heavy atom. The summed E-state index contributed by atoms with van der Waals surface area (Å²) in [6.45, 7) is 4.18. The summed E-state index contributed by atoms with van der Waals surface area (Å²) in [5.41, 5.74) is 7.68. The predicted molar refractivity (Wildman–Crippen MR) is 109 cm³/mol. The monoisotopic (exact) mass is 409 g/mol. The molecule has 0 aliphatic carbocycles. The van der Waals surface area contributed by atoms with Gasteiger partial charge < -0.3 is 5.73 Å². The molecular formula is C22H18F3N5. The second-order valence-corrected chi connectivity index (χ2v) is 6.79. The van der Waals surface area contributed by atoms with Gasteiger partial charge in [-0.25, -0.2) is 23.1 Å². The Morgan fingerprint density at radius 2 is 1.80 bits per heavy atom. The minimum atomic E-state index is -0.715. The molecule has 0 saturated carbocycles. The fraction of sp³-hybridized carbons (Fsp3) is 0.136. The van der Waals surface area contributed by atoms with Crippen LogP contribution in [0.5, 0.6) is 0 Å². The number of hydrogen-bond acceptors (Lipinski definition) is 4. The van der Waals surface area contributed by atoms with Gasteiger partial charge in [0.2, 0.25) is 5.95 Å². The van der Waals surface area contributed by atoms with Crippen LogP contribution in [0.1, 0.15) is 12.5 Å². The van der Waals surface area contributed by atoms with Crippen LogP contribution in [0, 0.1) is 24.4 Å². The molecule has 2 aromatic carbocycles. The van der Waals surface area contributed by atoms with Gasteiger partial charge in [0.1, 0.15) is 23.1 Å². The van der Waals surface area contributed by atoms with E-state index in [4.69, 9.17) is 5.73 Å². The minimum Gasteiger partial charge on any atom is -0.368 e. The van der Waals surface area contributed by atoms with Crippen LogP contribution in [-0.2, 0) is 6.54 Å². The van der Waals surface area contributed by atoms with Crippen molar-refractivity contribution in [1.82, 2.24) is 19.7 Å². The SMILES string of the molecule is CCn1cc(-c2ccnc(N)n2)c(-c2c(C)ccc(-c3cc(F)ccc3F)c2F)n1. The Kier molecular flexibility index (Phi) is 4.99. The molecule has 0 amide bonds. The van der Waals surface area contributed by atoms with E-state index >= 15 is 4.39 Å². The number of halogens is 3. The Morgan fingerprint density at radius 1 is 1.00 bits per heavy atom. The molecule has 152 valence electrons. The molecule has 4 aromatic rings. The molecule has 0 saturated heterocycles. The molecule has 8 heteroatoms. The van der Waals surface area contributed by atoms with Crippen LogP contribution in [0.2, 0.25) is 0 Å². The number of nitrogens with zero attached hydrogens (tertiary/aromatic N) is 4. The Bertz CT molecular complexity index is 1250. The average Bonchev–Trinajstić information content (AvgIpc) is 3.14. The van der Waals surface area contributed by atoms with Crippen molar-refractivity contribution in [3.8, 4) is 33.6 Å². The Labute approximate surface area is 171 Å². The summed E-state index contributed by atoms with van der Waals surface area (Å²) >= 11 is 0. The first-order valence-electron chi connectivity index (χ1n) is 9.30. The molecule has 0 aliphatic heterocycles. The Hall–Kier alpha value is -3.68. The van der Waals surface area contributed by atoms with Crippen LogP contribution >= 0.6 is 0 Å². The summed E-state index contributed by atoms with van der Waals surface area (Å²) in [6, 6.07) is 7.69. The highest BCUT2D eigenvalue weighted by atomic mass is 19.1. The molecule has 4 rings (SSSR count). The first kappa shape index (κ1) is 19.6. The van der Waals surface area contributed by atoms with Gasteiger partial charge in [-0.3, -0.25) is 4.68 Å². The molecule has 0 aliphatic rings. The number of hydrogen-bond donors (Lipinski definition) is 1. The smallest absolute Gasteiger partial charge is 0.220 e. The molecule has 0 unspecified atom stereocenters. The summed E-state index contributed by atoms with van der Waals surface area (Å²) in [6.07, 6.45) is 3.25. The van der Waals surface area contributed by atoms with Gasteiger partial charge in [0.25, 0.3) is 0 Å². The molecule has 30 heavy (non-hydrogen) atoms. The van der Waals surface area contributed by atoms with E-state index in [0.717, 1.165) is 18.2 Å². The van der Waals surface area contributed by atoms with Crippen LogP contribution in [-0.4, -0.2) is 19.7 Å². The largest absolute Gasteiger partial charge is 0.368 e. The van der Waals surface area contributed by atoms with Crippen molar-refractivity contribution in [1.29, 1.82) is 0 Å². The van der Waals surface area contributed by atoms with Gasteiger partial charge in [-0.2, -0.15) is 5.10 Å². The van der Waals surface area contributed by atoms with Crippen molar-refractivity contribution in [2.45, 2.75) is 20.4 Å². The molecule has 2 N–H and O–H groups in total. The van der Waals surface area contributed by atoms with Gasteiger partial charge in [-0.05, 0) is 43.7 Å². The topological polar surface area (TPSA) is 69.6 Å². The average molecular weight is 409 g/mol. The second kappa shape index (κ2) is 7.62. The lowest BCUT2D eigenvalue weighted by Crippen LogP contribution is -1.99. The van der Waals surface area contributed by atoms with Crippen molar-refractivity contribution in [3.05, 3.63) is 71.8 Å². The highest BCUT2D eigenvalue weighted by Gasteiger charge is 2.23. The van der Waals surface area contributed by atoms with Gasteiger partial charge in [0.15, 0.2) is 0 Å². The summed E-state index contributed by atoms with van der Waals surface area (Å²) < 4.78 is 45.4. The highest BCUT2D eigenvalue weighted by Crippen LogP contribution is 2.38. The lowest BCUT2D eigenvalue weighted by atomic mass is 9.94. The van der Waals surface area contributed by atoms with E-state index in [0.29, 0.717) is 29.1 Å². The van der Waals surface area contributed by atoms with Crippen molar-refractivity contribution >= 4 is 5.95 Å². The second-order valence-electron chi connectivity index (χ2n) is 6.79. The number of nitrogens with two attached hydrogens (primary N) is 1. The van der Waals surface area contributed by atoms with E-state index in [9.17, 15) is 8.78 Å². The first-order chi connectivity index (χ1) is 14.4. The lowest BCUT2D eigenvalue weighted by Gasteiger charge is -2.12. The van der Waals surface area contributed by atoms with Gasteiger partial charge in [0, 0.05) is 41.2 Å². The number of aryl methyl sites for hydroxylation is 2.